The molecule has 1 aromatic heterocycles. The zero-order valence-electron chi connectivity index (χ0n) is 18.5. The molecule has 8 heteroatoms. The quantitative estimate of drug-likeness (QED) is 0.283. The van der Waals surface area contributed by atoms with Crippen LogP contribution < -0.4 is 9.64 Å². The molecule has 3 rings (SSSR count). The van der Waals surface area contributed by atoms with Gasteiger partial charge in [-0.3, -0.25) is 9.69 Å². The molecule has 0 aliphatic heterocycles. The van der Waals surface area contributed by atoms with Gasteiger partial charge in [0.25, 0.3) is 0 Å². The Balaban J connectivity index is 0.00000341. The Hall–Kier alpha value is -1.80. The summed E-state index contributed by atoms with van der Waals surface area (Å²) in [5.74, 6) is 1.90. The van der Waals surface area contributed by atoms with Crippen LogP contribution in [0.25, 0.3) is 10.2 Å². The van der Waals surface area contributed by atoms with Crippen molar-refractivity contribution < 1.29 is 9.53 Å². The minimum atomic E-state index is 0. The highest BCUT2D eigenvalue weighted by atomic mass is 35.5. The van der Waals surface area contributed by atoms with Crippen LogP contribution in [0.5, 0.6) is 5.75 Å². The summed E-state index contributed by atoms with van der Waals surface area (Å²) in [6.07, 6.45) is 1.35. The van der Waals surface area contributed by atoms with Crippen molar-refractivity contribution >= 4 is 56.8 Å². The Labute approximate surface area is 199 Å². The van der Waals surface area contributed by atoms with E-state index < -0.39 is 0 Å². The van der Waals surface area contributed by atoms with Crippen LogP contribution in [-0.4, -0.2) is 55.8 Å². The zero-order chi connectivity index (χ0) is 21.5. The molecule has 0 saturated carbocycles. The molecule has 5 nitrogen and oxygen atoms in total. The van der Waals surface area contributed by atoms with Crippen LogP contribution in [0.3, 0.4) is 0 Å². The number of hydrogen-bond donors (Lipinski definition) is 0. The van der Waals surface area contributed by atoms with E-state index in [0.717, 1.165) is 39.8 Å². The molecular weight excluding hydrogens is 450 g/mol. The van der Waals surface area contributed by atoms with Crippen LogP contribution in [0.1, 0.15) is 18.4 Å². The maximum atomic E-state index is 13.0. The molecule has 1 heterocycles. The first-order valence-electron chi connectivity index (χ1n) is 10.1. The first kappa shape index (κ1) is 25.5. The second kappa shape index (κ2) is 12.3. The van der Waals surface area contributed by atoms with Gasteiger partial charge in [-0.25, -0.2) is 4.98 Å². The summed E-state index contributed by atoms with van der Waals surface area (Å²) in [5.41, 5.74) is 2.16. The molecule has 3 aromatic rings. The summed E-state index contributed by atoms with van der Waals surface area (Å²) in [5, 5.41) is 0.797. The minimum Gasteiger partial charge on any atom is -0.497 e. The molecule has 0 aliphatic rings. The number of halogens is 1. The van der Waals surface area contributed by atoms with E-state index in [1.54, 1.807) is 30.2 Å². The SMILES string of the molecule is COc1ccc(SCCCC(=O)N(CCN(C)C)c2nc3ccc(C)cc3s2)cc1.Cl. The number of aromatic nitrogens is 1. The second-order valence-electron chi connectivity index (χ2n) is 7.44. The van der Waals surface area contributed by atoms with Gasteiger partial charge in [0, 0.05) is 24.4 Å². The number of likely N-dealkylation sites (N-methyl/N-ethyl adjacent to an activating group) is 1. The number of amides is 1. The number of thiazole rings is 1. The molecule has 0 N–H and O–H groups in total. The number of nitrogens with zero attached hydrogens (tertiary/aromatic N) is 3. The number of carbonyl (C=O) groups excluding carboxylic acids is 1. The molecule has 0 saturated heterocycles. The second-order valence-corrected chi connectivity index (χ2v) is 9.62. The fourth-order valence-electron chi connectivity index (χ4n) is 2.98. The van der Waals surface area contributed by atoms with E-state index in [0.29, 0.717) is 13.0 Å². The number of thioether (sulfide) groups is 1. The zero-order valence-corrected chi connectivity index (χ0v) is 20.9. The van der Waals surface area contributed by atoms with E-state index >= 15 is 0 Å². The molecular formula is C23H30ClN3O2S2. The standard InChI is InChI=1S/C23H29N3O2S2.ClH/c1-17-7-12-20-21(16-17)30-23(24-20)26(14-13-25(2)3)22(27)6-5-15-29-19-10-8-18(28-4)9-11-19;/h7-12,16H,5-6,13-15H2,1-4H3;1H. The Morgan fingerprint density at radius 1 is 1.13 bits per heavy atom. The lowest BCUT2D eigenvalue weighted by atomic mass is 10.2. The summed E-state index contributed by atoms with van der Waals surface area (Å²) in [6, 6.07) is 14.3. The highest BCUT2D eigenvalue weighted by Crippen LogP contribution is 2.30. The molecule has 168 valence electrons. The van der Waals surface area contributed by atoms with Gasteiger partial charge in [0.05, 0.1) is 17.3 Å². The fraction of sp³-hybridized carbons (Fsp3) is 0.391. The molecule has 31 heavy (non-hydrogen) atoms. The maximum Gasteiger partial charge on any atom is 0.228 e. The summed E-state index contributed by atoms with van der Waals surface area (Å²) in [6.45, 7) is 3.53. The average molecular weight is 480 g/mol. The molecule has 0 atom stereocenters. The number of fused-ring (bicyclic) bond motifs is 1. The molecule has 0 bridgehead atoms. The lowest BCUT2D eigenvalue weighted by molar-refractivity contribution is -0.118. The first-order valence-corrected chi connectivity index (χ1v) is 11.9. The lowest BCUT2D eigenvalue weighted by Gasteiger charge is -2.22. The number of carbonyl (C=O) groups is 1. The fourth-order valence-corrected chi connectivity index (χ4v) is 4.94. The Bertz CT molecular complexity index is 977. The van der Waals surface area contributed by atoms with Crippen LogP contribution in [0.4, 0.5) is 5.13 Å². The molecule has 0 spiro atoms. The van der Waals surface area contributed by atoms with Gasteiger partial charge in [-0.1, -0.05) is 17.4 Å². The van der Waals surface area contributed by atoms with Crippen LogP contribution in [-0.2, 0) is 4.79 Å². The van der Waals surface area contributed by atoms with Gasteiger partial charge in [-0.2, -0.15) is 0 Å². The topological polar surface area (TPSA) is 45.7 Å². The third-order valence-electron chi connectivity index (χ3n) is 4.70. The monoisotopic (exact) mass is 479 g/mol. The summed E-state index contributed by atoms with van der Waals surface area (Å²) < 4.78 is 6.32. The highest BCUT2D eigenvalue weighted by molar-refractivity contribution is 7.99. The van der Waals surface area contributed by atoms with E-state index in [1.165, 1.54) is 10.5 Å². The van der Waals surface area contributed by atoms with Gasteiger partial charge in [0.1, 0.15) is 5.75 Å². The van der Waals surface area contributed by atoms with Crippen molar-refractivity contribution in [2.45, 2.75) is 24.7 Å². The van der Waals surface area contributed by atoms with E-state index in [-0.39, 0.29) is 18.3 Å². The van der Waals surface area contributed by atoms with Crippen molar-refractivity contribution in [1.29, 1.82) is 0 Å². The lowest BCUT2D eigenvalue weighted by Crippen LogP contribution is -2.36. The number of anilines is 1. The number of benzene rings is 2. The van der Waals surface area contributed by atoms with Crippen molar-refractivity contribution in [3.8, 4) is 5.75 Å². The van der Waals surface area contributed by atoms with Crippen molar-refractivity contribution in [1.82, 2.24) is 9.88 Å². The third-order valence-corrected chi connectivity index (χ3v) is 6.84. The predicted molar refractivity (Wildman–Crippen MR) is 135 cm³/mol. The van der Waals surface area contributed by atoms with Crippen LogP contribution in [0, 0.1) is 6.92 Å². The maximum absolute atomic E-state index is 13.0. The van der Waals surface area contributed by atoms with Crippen LogP contribution in [0.2, 0.25) is 0 Å². The Morgan fingerprint density at radius 2 is 1.87 bits per heavy atom. The number of rotatable bonds is 10. The summed E-state index contributed by atoms with van der Waals surface area (Å²) >= 11 is 3.36. The predicted octanol–water partition coefficient (Wildman–Crippen LogP) is 5.50. The van der Waals surface area contributed by atoms with Gasteiger partial charge in [0.2, 0.25) is 5.91 Å². The van der Waals surface area contributed by atoms with Crippen molar-refractivity contribution in [2.24, 2.45) is 0 Å². The number of methoxy groups -OCH3 is 1. The van der Waals surface area contributed by atoms with E-state index in [4.69, 9.17) is 9.72 Å². The van der Waals surface area contributed by atoms with Crippen molar-refractivity contribution in [3.63, 3.8) is 0 Å². The third kappa shape index (κ3) is 7.38. The van der Waals surface area contributed by atoms with E-state index in [9.17, 15) is 4.79 Å². The smallest absolute Gasteiger partial charge is 0.228 e. The van der Waals surface area contributed by atoms with Gasteiger partial charge >= 0.3 is 0 Å². The van der Waals surface area contributed by atoms with Gasteiger partial charge in [0.15, 0.2) is 5.13 Å². The Morgan fingerprint density at radius 3 is 2.55 bits per heavy atom. The molecule has 0 aliphatic carbocycles. The highest BCUT2D eigenvalue weighted by Gasteiger charge is 2.19. The van der Waals surface area contributed by atoms with Gasteiger partial charge < -0.3 is 9.64 Å². The molecule has 1 amide bonds. The van der Waals surface area contributed by atoms with Crippen molar-refractivity contribution in [2.75, 3.05) is 44.9 Å². The number of aryl methyl sites for hydroxylation is 1. The normalized spacial score (nSPS) is 10.9. The van der Waals surface area contributed by atoms with Crippen molar-refractivity contribution in [3.05, 3.63) is 48.0 Å². The number of ether oxygens (including phenoxy) is 1. The molecule has 0 fully saturated rings. The average Bonchev–Trinajstić information content (AvgIpc) is 3.14. The van der Waals surface area contributed by atoms with Crippen LogP contribution >= 0.6 is 35.5 Å². The van der Waals surface area contributed by atoms with E-state index in [1.807, 2.05) is 37.2 Å². The minimum absolute atomic E-state index is 0. The Kier molecular flexibility index (Phi) is 10.1. The van der Waals surface area contributed by atoms with Gasteiger partial charge in [-0.05, 0) is 75.2 Å². The summed E-state index contributed by atoms with van der Waals surface area (Å²) in [4.78, 5) is 22.9. The van der Waals surface area contributed by atoms with E-state index in [2.05, 4.69) is 36.1 Å². The first-order chi connectivity index (χ1) is 14.5. The molecule has 2 aromatic carbocycles. The molecule has 0 unspecified atom stereocenters. The summed E-state index contributed by atoms with van der Waals surface area (Å²) in [7, 11) is 5.72. The van der Waals surface area contributed by atoms with Crippen LogP contribution in [0.15, 0.2) is 47.4 Å². The molecule has 0 radical (unpaired) electrons. The number of hydrogen-bond acceptors (Lipinski definition) is 6. The largest absolute Gasteiger partial charge is 0.497 e. The van der Waals surface area contributed by atoms with Gasteiger partial charge in [-0.15, -0.1) is 24.2 Å².